The van der Waals surface area contributed by atoms with Crippen molar-refractivity contribution in [3.8, 4) is 0 Å². The van der Waals surface area contributed by atoms with E-state index in [-0.39, 0.29) is 29.3 Å². The lowest BCUT2D eigenvalue weighted by atomic mass is 9.83. The number of carbonyl (C=O) groups is 2. The van der Waals surface area contributed by atoms with Crippen molar-refractivity contribution in [3.63, 3.8) is 0 Å². The van der Waals surface area contributed by atoms with Crippen LogP contribution in [0.2, 0.25) is 0 Å². The second kappa shape index (κ2) is 12.4. The number of amides is 1. The van der Waals surface area contributed by atoms with E-state index in [1.165, 1.54) is 17.8 Å². The molecule has 2 saturated heterocycles. The van der Waals surface area contributed by atoms with Gasteiger partial charge in [-0.1, -0.05) is 23.8 Å². The molecule has 4 rings (SSSR count). The minimum atomic E-state index is -0.507. The van der Waals surface area contributed by atoms with E-state index in [2.05, 4.69) is 49.3 Å². The zero-order valence-electron chi connectivity index (χ0n) is 23.2. The van der Waals surface area contributed by atoms with Crippen molar-refractivity contribution in [1.29, 1.82) is 0 Å². The van der Waals surface area contributed by atoms with Crippen LogP contribution in [0.3, 0.4) is 0 Å². The van der Waals surface area contributed by atoms with Crippen molar-refractivity contribution in [1.82, 2.24) is 10.3 Å². The van der Waals surface area contributed by atoms with E-state index in [1.54, 1.807) is 31.3 Å². The Kier molecular flexibility index (Phi) is 9.21. The average Bonchev–Trinajstić information content (AvgIpc) is 3.62. The Bertz CT molecular complexity index is 1040. The van der Waals surface area contributed by atoms with Crippen LogP contribution in [-0.2, 0) is 19.0 Å². The Morgan fingerprint density at radius 1 is 1.24 bits per heavy atom. The number of aromatic nitrogens is 1. The van der Waals surface area contributed by atoms with Crippen molar-refractivity contribution < 1.29 is 23.8 Å². The molecule has 1 unspecified atom stereocenters. The summed E-state index contributed by atoms with van der Waals surface area (Å²) >= 11 is 0. The molecule has 1 aromatic heterocycles. The van der Waals surface area contributed by atoms with Crippen LogP contribution in [0, 0.1) is 5.92 Å². The lowest BCUT2D eigenvalue weighted by Gasteiger charge is -2.38. The number of epoxide rings is 1. The molecule has 38 heavy (non-hydrogen) atoms. The molecule has 3 atom stereocenters. The molecule has 0 bridgehead atoms. The van der Waals surface area contributed by atoms with Crippen LogP contribution < -0.4 is 5.32 Å². The summed E-state index contributed by atoms with van der Waals surface area (Å²) in [6.07, 6.45) is 19.6. The molecule has 1 aromatic rings. The molecule has 1 spiro atoms. The maximum Gasteiger partial charge on any atom is 0.340 e. The van der Waals surface area contributed by atoms with Crippen LogP contribution in [0.5, 0.6) is 0 Å². The monoisotopic (exact) mass is 522 g/mol. The first-order valence-corrected chi connectivity index (χ1v) is 13.9. The van der Waals surface area contributed by atoms with E-state index in [0.717, 1.165) is 51.6 Å². The number of hydrogen-bond acceptors (Lipinski definition) is 6. The molecule has 1 aliphatic carbocycles. The van der Waals surface area contributed by atoms with Gasteiger partial charge in [0.1, 0.15) is 6.10 Å². The molecular formula is C31H42N2O5. The highest BCUT2D eigenvalue weighted by Crippen LogP contribution is 2.46. The second-order valence-corrected chi connectivity index (χ2v) is 11.7. The van der Waals surface area contributed by atoms with Crippen LogP contribution in [0.1, 0.15) is 83.0 Å². The Balaban J connectivity index is 1.14. The van der Waals surface area contributed by atoms with Crippen molar-refractivity contribution in [3.05, 3.63) is 66.0 Å². The molecule has 3 aliphatic rings. The third kappa shape index (κ3) is 8.63. The van der Waals surface area contributed by atoms with Gasteiger partial charge in [-0.15, -0.1) is 0 Å². The summed E-state index contributed by atoms with van der Waals surface area (Å²) in [4.78, 5) is 28.4. The molecular weight excluding hydrogens is 480 g/mol. The van der Waals surface area contributed by atoms with Gasteiger partial charge in [-0.05, 0) is 83.9 Å². The second-order valence-electron chi connectivity index (χ2n) is 11.7. The Morgan fingerprint density at radius 2 is 2.00 bits per heavy atom. The zero-order valence-corrected chi connectivity index (χ0v) is 23.2. The summed E-state index contributed by atoms with van der Waals surface area (Å²) in [5, 5.41) is 3.09. The zero-order chi connectivity index (χ0) is 27.2. The molecule has 0 radical (unpaired) electrons. The van der Waals surface area contributed by atoms with Crippen molar-refractivity contribution in [2.75, 3.05) is 6.61 Å². The maximum absolute atomic E-state index is 12.4. The number of nitrogens with one attached hydrogen (secondary N) is 1. The lowest BCUT2D eigenvalue weighted by Crippen LogP contribution is -2.43. The summed E-state index contributed by atoms with van der Waals surface area (Å²) in [5.74, 6) is 0.0355. The predicted octanol–water partition coefficient (Wildman–Crippen LogP) is 5.48. The van der Waals surface area contributed by atoms with Gasteiger partial charge in [0.15, 0.2) is 0 Å². The Hall–Kier alpha value is -2.77. The standard InChI is InChI=1S/C31H42N2O5/c1-22(8-15-27-18-31(21-36-31)20-30(3,4)38-27)7-10-24-11-13-26(14-12-24)33-28(34)16-9-23(2)37-29(35)25-6-5-17-32-19-25/h5-9,15-17,19,23-24,26-27H,10-14,18,20-21H2,1-4H3,(H,33,34)/t23?,24?,26?,27-,31-/m1/s1. The van der Waals surface area contributed by atoms with Crippen LogP contribution in [0.25, 0.3) is 0 Å². The first kappa shape index (κ1) is 28.2. The predicted molar refractivity (Wildman–Crippen MR) is 147 cm³/mol. The van der Waals surface area contributed by atoms with E-state index >= 15 is 0 Å². The molecule has 3 fully saturated rings. The fourth-order valence-corrected chi connectivity index (χ4v) is 5.59. The fourth-order valence-electron chi connectivity index (χ4n) is 5.59. The molecule has 7 nitrogen and oxygen atoms in total. The number of esters is 1. The molecule has 1 saturated carbocycles. The van der Waals surface area contributed by atoms with E-state index < -0.39 is 12.1 Å². The summed E-state index contributed by atoms with van der Waals surface area (Å²) in [6, 6.07) is 3.51. The van der Waals surface area contributed by atoms with Crippen LogP contribution in [0.4, 0.5) is 0 Å². The van der Waals surface area contributed by atoms with Gasteiger partial charge in [0.05, 0.1) is 29.5 Å². The van der Waals surface area contributed by atoms with Crippen LogP contribution in [-0.4, -0.2) is 52.9 Å². The fraction of sp³-hybridized carbons (Fsp3) is 0.581. The molecule has 3 heterocycles. The minimum Gasteiger partial charge on any atom is -0.455 e. The molecule has 1 N–H and O–H groups in total. The first-order chi connectivity index (χ1) is 18.1. The molecule has 7 heteroatoms. The summed E-state index contributed by atoms with van der Waals surface area (Å²) in [7, 11) is 0. The number of hydrogen-bond donors (Lipinski definition) is 1. The van der Waals surface area contributed by atoms with Crippen molar-refractivity contribution in [2.24, 2.45) is 5.92 Å². The lowest BCUT2D eigenvalue weighted by molar-refractivity contribution is -0.117. The van der Waals surface area contributed by atoms with Gasteiger partial charge in [0, 0.05) is 37.4 Å². The summed E-state index contributed by atoms with van der Waals surface area (Å²) in [6.45, 7) is 9.04. The molecule has 2 aliphatic heterocycles. The Labute approximate surface area is 226 Å². The minimum absolute atomic E-state index is 0.0452. The smallest absolute Gasteiger partial charge is 0.340 e. The first-order valence-electron chi connectivity index (χ1n) is 13.9. The maximum atomic E-state index is 12.4. The summed E-state index contributed by atoms with van der Waals surface area (Å²) < 4.78 is 17.3. The normalized spacial score (nSPS) is 29.9. The third-order valence-electron chi connectivity index (χ3n) is 7.59. The molecule has 206 valence electrons. The number of nitrogens with zero attached hydrogens (tertiary/aromatic N) is 1. The van der Waals surface area contributed by atoms with E-state index in [0.29, 0.717) is 11.5 Å². The van der Waals surface area contributed by atoms with Gasteiger partial charge in [-0.3, -0.25) is 9.78 Å². The van der Waals surface area contributed by atoms with Gasteiger partial charge in [0.2, 0.25) is 5.91 Å². The quantitative estimate of drug-likeness (QED) is 0.200. The van der Waals surface area contributed by atoms with Crippen LogP contribution in [0.15, 0.2) is 60.5 Å². The van der Waals surface area contributed by atoms with Gasteiger partial charge in [0.25, 0.3) is 0 Å². The highest BCUT2D eigenvalue weighted by atomic mass is 16.6. The number of pyridine rings is 1. The third-order valence-corrected chi connectivity index (χ3v) is 7.59. The van der Waals surface area contributed by atoms with Crippen molar-refractivity contribution in [2.45, 2.75) is 102 Å². The van der Waals surface area contributed by atoms with Crippen molar-refractivity contribution >= 4 is 11.9 Å². The van der Waals surface area contributed by atoms with Gasteiger partial charge in [-0.25, -0.2) is 4.79 Å². The SMILES string of the molecule is CC(C=C[C@@H]1C[C@]2(CO2)CC(C)(C)O1)=CCC1CCC(NC(=O)C=CC(C)OC(=O)c2cccnc2)CC1. The number of allylic oxidation sites excluding steroid dienone is 3. The van der Waals surface area contributed by atoms with Gasteiger partial charge >= 0.3 is 5.97 Å². The topological polar surface area (TPSA) is 90.0 Å². The van der Waals surface area contributed by atoms with E-state index in [9.17, 15) is 9.59 Å². The van der Waals surface area contributed by atoms with Gasteiger partial charge in [-0.2, -0.15) is 0 Å². The largest absolute Gasteiger partial charge is 0.455 e. The average molecular weight is 523 g/mol. The number of rotatable bonds is 9. The number of ether oxygens (including phenoxy) is 3. The molecule has 0 aromatic carbocycles. The highest BCUT2D eigenvalue weighted by molar-refractivity contribution is 5.89. The van der Waals surface area contributed by atoms with E-state index in [1.807, 2.05) is 0 Å². The van der Waals surface area contributed by atoms with Crippen LogP contribution >= 0.6 is 0 Å². The Morgan fingerprint density at radius 3 is 2.68 bits per heavy atom. The summed E-state index contributed by atoms with van der Waals surface area (Å²) in [5.41, 5.74) is 1.56. The number of carbonyl (C=O) groups excluding carboxylic acids is 2. The highest BCUT2D eigenvalue weighted by Gasteiger charge is 2.53. The van der Waals surface area contributed by atoms with E-state index in [4.69, 9.17) is 14.2 Å². The van der Waals surface area contributed by atoms with Gasteiger partial charge < -0.3 is 19.5 Å². The molecule has 1 amide bonds.